The maximum Gasteiger partial charge on any atom is 0.132 e. The van der Waals surface area contributed by atoms with Crippen molar-refractivity contribution >= 4 is 10.9 Å². The number of aryl methyl sites for hydroxylation is 2. The number of fused-ring (bicyclic) bond motifs is 1. The van der Waals surface area contributed by atoms with Crippen LogP contribution in [0.15, 0.2) is 18.5 Å². The van der Waals surface area contributed by atoms with E-state index in [1.807, 2.05) is 26.1 Å². The van der Waals surface area contributed by atoms with Crippen LogP contribution in [0, 0.1) is 13.8 Å². The van der Waals surface area contributed by atoms with Crippen LogP contribution in [-0.4, -0.2) is 17.1 Å². The summed E-state index contributed by atoms with van der Waals surface area (Å²) in [6, 6.07) is 1.93. The van der Waals surface area contributed by atoms with Gasteiger partial charge in [-0.05, 0) is 19.9 Å². The molecule has 0 radical (unpaired) electrons. The van der Waals surface area contributed by atoms with Crippen molar-refractivity contribution in [2.45, 2.75) is 13.8 Å². The Bertz CT molecular complexity index is 480. The standard InChI is InChI=1S/C11H12N2O/c1-7-6-13-10-8(2)12-5-4-9(10)11(7)14-3/h4-6H,1-3H3. The first-order valence-electron chi connectivity index (χ1n) is 4.49. The average Bonchev–Trinajstić information content (AvgIpc) is 2.18. The number of aromatic nitrogens is 2. The molecule has 0 spiro atoms. The molecule has 0 unspecified atom stereocenters. The SMILES string of the molecule is COc1c(C)cnc2c(C)nccc12. The molecule has 0 aliphatic heterocycles. The van der Waals surface area contributed by atoms with E-state index in [1.165, 1.54) is 0 Å². The molecule has 0 aliphatic carbocycles. The molecule has 0 saturated carbocycles. The number of methoxy groups -OCH3 is 1. The van der Waals surface area contributed by atoms with Crippen LogP contribution in [0.2, 0.25) is 0 Å². The first-order valence-corrected chi connectivity index (χ1v) is 4.49. The Morgan fingerprint density at radius 2 is 2.00 bits per heavy atom. The van der Waals surface area contributed by atoms with Gasteiger partial charge < -0.3 is 4.74 Å². The quantitative estimate of drug-likeness (QED) is 0.688. The van der Waals surface area contributed by atoms with Crippen LogP contribution in [0.4, 0.5) is 0 Å². The Kier molecular flexibility index (Phi) is 2.08. The summed E-state index contributed by atoms with van der Waals surface area (Å²) in [5, 5.41) is 1.03. The molecule has 0 aromatic carbocycles. The fraction of sp³-hybridized carbons (Fsp3) is 0.273. The summed E-state index contributed by atoms with van der Waals surface area (Å²) in [7, 11) is 1.68. The largest absolute Gasteiger partial charge is 0.496 e. The van der Waals surface area contributed by atoms with Crippen LogP contribution in [0.5, 0.6) is 5.75 Å². The van der Waals surface area contributed by atoms with Crippen LogP contribution in [0.3, 0.4) is 0 Å². The minimum Gasteiger partial charge on any atom is -0.496 e. The van der Waals surface area contributed by atoms with Gasteiger partial charge in [-0.1, -0.05) is 0 Å². The summed E-state index contributed by atoms with van der Waals surface area (Å²) in [6.45, 7) is 3.94. The Hall–Kier alpha value is -1.64. The summed E-state index contributed by atoms with van der Waals surface area (Å²) in [6.07, 6.45) is 3.59. The first-order chi connectivity index (χ1) is 6.74. The van der Waals surface area contributed by atoms with E-state index in [4.69, 9.17) is 4.74 Å². The minimum absolute atomic E-state index is 0.889. The Morgan fingerprint density at radius 3 is 2.71 bits per heavy atom. The molecule has 2 aromatic rings. The van der Waals surface area contributed by atoms with E-state index in [9.17, 15) is 0 Å². The van der Waals surface area contributed by atoms with Gasteiger partial charge in [0.05, 0.1) is 18.3 Å². The van der Waals surface area contributed by atoms with Crippen molar-refractivity contribution in [2.75, 3.05) is 7.11 Å². The molecule has 2 rings (SSSR count). The zero-order valence-electron chi connectivity index (χ0n) is 8.53. The second-order valence-electron chi connectivity index (χ2n) is 3.27. The number of rotatable bonds is 1. The molecule has 0 atom stereocenters. The summed E-state index contributed by atoms with van der Waals surface area (Å²) < 4.78 is 5.35. The van der Waals surface area contributed by atoms with Crippen LogP contribution >= 0.6 is 0 Å². The molecule has 14 heavy (non-hydrogen) atoms. The summed E-state index contributed by atoms with van der Waals surface area (Å²) >= 11 is 0. The highest BCUT2D eigenvalue weighted by atomic mass is 16.5. The number of nitrogens with zero attached hydrogens (tertiary/aromatic N) is 2. The fourth-order valence-corrected chi connectivity index (χ4v) is 1.61. The lowest BCUT2D eigenvalue weighted by Gasteiger charge is -2.08. The fourth-order valence-electron chi connectivity index (χ4n) is 1.61. The zero-order chi connectivity index (χ0) is 10.1. The van der Waals surface area contributed by atoms with Gasteiger partial charge in [0, 0.05) is 23.3 Å². The highest BCUT2D eigenvalue weighted by Gasteiger charge is 2.07. The van der Waals surface area contributed by atoms with E-state index in [0.717, 1.165) is 27.9 Å². The van der Waals surface area contributed by atoms with Crippen LogP contribution in [0.1, 0.15) is 11.3 Å². The normalized spacial score (nSPS) is 10.5. The molecule has 0 amide bonds. The van der Waals surface area contributed by atoms with Gasteiger partial charge in [-0.15, -0.1) is 0 Å². The van der Waals surface area contributed by atoms with Crippen molar-refractivity contribution in [1.82, 2.24) is 9.97 Å². The molecule has 0 fully saturated rings. The van der Waals surface area contributed by atoms with Crippen LogP contribution < -0.4 is 4.74 Å². The molecule has 2 heterocycles. The topological polar surface area (TPSA) is 35.0 Å². The van der Waals surface area contributed by atoms with Gasteiger partial charge in [-0.3, -0.25) is 9.97 Å². The predicted octanol–water partition coefficient (Wildman–Crippen LogP) is 2.26. The van der Waals surface area contributed by atoms with Gasteiger partial charge in [0.1, 0.15) is 5.75 Å². The van der Waals surface area contributed by atoms with Crippen molar-refractivity contribution in [2.24, 2.45) is 0 Å². The molecular weight excluding hydrogens is 176 g/mol. The van der Waals surface area contributed by atoms with Gasteiger partial charge in [0.25, 0.3) is 0 Å². The zero-order valence-corrected chi connectivity index (χ0v) is 8.53. The van der Waals surface area contributed by atoms with Crippen molar-refractivity contribution in [3.8, 4) is 5.75 Å². The maximum absolute atomic E-state index is 5.35. The number of pyridine rings is 2. The van der Waals surface area contributed by atoms with E-state index in [1.54, 1.807) is 13.3 Å². The van der Waals surface area contributed by atoms with E-state index in [2.05, 4.69) is 9.97 Å². The average molecular weight is 188 g/mol. The molecule has 0 saturated heterocycles. The smallest absolute Gasteiger partial charge is 0.132 e. The molecular formula is C11H12N2O. The molecule has 0 bridgehead atoms. The molecule has 2 aromatic heterocycles. The third-order valence-corrected chi connectivity index (χ3v) is 2.30. The monoisotopic (exact) mass is 188 g/mol. The Labute approximate surface area is 82.8 Å². The maximum atomic E-state index is 5.35. The van der Waals surface area contributed by atoms with Crippen molar-refractivity contribution in [1.29, 1.82) is 0 Å². The predicted molar refractivity (Wildman–Crippen MR) is 55.6 cm³/mol. The third kappa shape index (κ3) is 1.21. The van der Waals surface area contributed by atoms with Crippen molar-refractivity contribution < 1.29 is 4.74 Å². The molecule has 0 aliphatic rings. The summed E-state index contributed by atoms with van der Waals surface area (Å²) in [5.41, 5.74) is 2.89. The van der Waals surface area contributed by atoms with E-state index < -0.39 is 0 Å². The summed E-state index contributed by atoms with van der Waals surface area (Å²) in [4.78, 5) is 8.54. The van der Waals surface area contributed by atoms with E-state index >= 15 is 0 Å². The second-order valence-corrected chi connectivity index (χ2v) is 3.27. The minimum atomic E-state index is 0.889. The molecule has 3 heteroatoms. The number of ether oxygens (including phenoxy) is 1. The van der Waals surface area contributed by atoms with Crippen LogP contribution in [0.25, 0.3) is 10.9 Å². The Balaban J connectivity index is 2.88. The lowest BCUT2D eigenvalue weighted by atomic mass is 10.1. The molecule has 0 N–H and O–H groups in total. The van der Waals surface area contributed by atoms with Gasteiger partial charge in [0.2, 0.25) is 0 Å². The second kappa shape index (κ2) is 3.25. The first kappa shape index (κ1) is 8.94. The lowest BCUT2D eigenvalue weighted by molar-refractivity contribution is 0.416. The third-order valence-electron chi connectivity index (χ3n) is 2.30. The number of hydrogen-bond donors (Lipinski definition) is 0. The van der Waals surface area contributed by atoms with Gasteiger partial charge >= 0.3 is 0 Å². The Morgan fingerprint density at radius 1 is 1.21 bits per heavy atom. The van der Waals surface area contributed by atoms with Crippen LogP contribution in [-0.2, 0) is 0 Å². The van der Waals surface area contributed by atoms with Gasteiger partial charge in [-0.25, -0.2) is 0 Å². The number of hydrogen-bond acceptors (Lipinski definition) is 3. The lowest BCUT2D eigenvalue weighted by Crippen LogP contribution is -1.93. The highest BCUT2D eigenvalue weighted by molar-refractivity contribution is 5.87. The van der Waals surface area contributed by atoms with Gasteiger partial charge in [-0.2, -0.15) is 0 Å². The highest BCUT2D eigenvalue weighted by Crippen LogP contribution is 2.27. The molecule has 3 nitrogen and oxygen atoms in total. The molecule has 72 valence electrons. The van der Waals surface area contributed by atoms with E-state index in [0.29, 0.717) is 0 Å². The summed E-state index contributed by atoms with van der Waals surface area (Å²) in [5.74, 6) is 0.889. The van der Waals surface area contributed by atoms with E-state index in [-0.39, 0.29) is 0 Å². The van der Waals surface area contributed by atoms with Crippen molar-refractivity contribution in [3.05, 3.63) is 29.7 Å². The van der Waals surface area contributed by atoms with Crippen molar-refractivity contribution in [3.63, 3.8) is 0 Å². The van der Waals surface area contributed by atoms with Gasteiger partial charge in [0.15, 0.2) is 0 Å².